The van der Waals surface area contributed by atoms with E-state index in [0.29, 0.717) is 5.92 Å². The van der Waals surface area contributed by atoms with Crippen LogP contribution in [0.4, 0.5) is 4.39 Å². The van der Waals surface area contributed by atoms with E-state index in [1.54, 1.807) is 0 Å². The van der Waals surface area contributed by atoms with E-state index in [2.05, 4.69) is 38.0 Å². The minimum Gasteiger partial charge on any atom is -0.316 e. The Hall–Kier alpha value is -1.92. The molecule has 0 atom stereocenters. The van der Waals surface area contributed by atoms with Crippen molar-refractivity contribution in [3.63, 3.8) is 0 Å². The molecule has 0 saturated carbocycles. The number of aromatic nitrogens is 1. The first-order valence-electron chi connectivity index (χ1n) is 10.9. The molecule has 158 valence electrons. The Morgan fingerprint density at radius 2 is 1.73 bits per heavy atom. The number of likely N-dealkylation sites (tertiary alicyclic amines) is 1. The summed E-state index contributed by atoms with van der Waals surface area (Å²) < 4.78 is 15.6. The average Bonchev–Trinajstić information content (AvgIpc) is 3.41. The molecule has 0 radical (unpaired) electrons. The SMILES string of the molecule is Fc1ccc(-n2cc(C3CCN(CCN4CCNC4)CC3)c3cc(Cl)ccc32)cc1. The molecule has 2 aromatic carbocycles. The first kappa shape index (κ1) is 20.0. The Morgan fingerprint density at radius 1 is 0.967 bits per heavy atom. The lowest BCUT2D eigenvalue weighted by molar-refractivity contribution is 0.184. The van der Waals surface area contributed by atoms with E-state index >= 15 is 0 Å². The maximum Gasteiger partial charge on any atom is 0.123 e. The number of hydrogen-bond donors (Lipinski definition) is 1. The largest absolute Gasteiger partial charge is 0.316 e. The second kappa shape index (κ2) is 8.67. The summed E-state index contributed by atoms with van der Waals surface area (Å²) in [6, 6.07) is 12.8. The molecule has 0 bridgehead atoms. The molecule has 30 heavy (non-hydrogen) atoms. The van der Waals surface area contributed by atoms with Crippen molar-refractivity contribution < 1.29 is 4.39 Å². The van der Waals surface area contributed by atoms with Crippen molar-refractivity contribution in [3.05, 3.63) is 65.1 Å². The lowest BCUT2D eigenvalue weighted by atomic mass is 9.89. The second-order valence-electron chi connectivity index (χ2n) is 8.48. The highest BCUT2D eigenvalue weighted by atomic mass is 35.5. The summed E-state index contributed by atoms with van der Waals surface area (Å²) in [5, 5.41) is 5.38. The summed E-state index contributed by atoms with van der Waals surface area (Å²) in [6.45, 7) is 7.88. The molecular weight excluding hydrogens is 399 g/mol. The minimum absolute atomic E-state index is 0.212. The van der Waals surface area contributed by atoms with Crippen molar-refractivity contribution in [2.24, 2.45) is 0 Å². The first-order valence-corrected chi connectivity index (χ1v) is 11.3. The van der Waals surface area contributed by atoms with E-state index in [1.165, 1.54) is 29.6 Å². The highest BCUT2D eigenvalue weighted by Gasteiger charge is 2.24. The van der Waals surface area contributed by atoms with Gasteiger partial charge >= 0.3 is 0 Å². The molecule has 1 aromatic heterocycles. The zero-order valence-electron chi connectivity index (χ0n) is 17.2. The number of piperidine rings is 1. The van der Waals surface area contributed by atoms with Gasteiger partial charge in [-0.1, -0.05) is 11.6 Å². The third kappa shape index (κ3) is 4.12. The van der Waals surface area contributed by atoms with Crippen molar-refractivity contribution in [1.82, 2.24) is 19.7 Å². The molecule has 2 saturated heterocycles. The number of nitrogens with zero attached hydrogens (tertiary/aromatic N) is 3. The maximum atomic E-state index is 13.4. The Balaban J connectivity index is 1.35. The van der Waals surface area contributed by atoms with E-state index in [0.717, 1.165) is 68.5 Å². The van der Waals surface area contributed by atoms with Crippen LogP contribution < -0.4 is 5.32 Å². The number of nitrogens with one attached hydrogen (secondary N) is 1. The molecule has 0 aliphatic carbocycles. The number of hydrogen-bond acceptors (Lipinski definition) is 3. The fraction of sp³-hybridized carbons (Fsp3) is 0.417. The van der Waals surface area contributed by atoms with Crippen LogP contribution in [-0.4, -0.2) is 60.3 Å². The van der Waals surface area contributed by atoms with Crippen molar-refractivity contribution >= 4 is 22.5 Å². The predicted molar refractivity (Wildman–Crippen MR) is 121 cm³/mol. The molecule has 3 heterocycles. The zero-order valence-corrected chi connectivity index (χ0v) is 17.9. The molecule has 2 aliphatic heterocycles. The Morgan fingerprint density at radius 3 is 2.47 bits per heavy atom. The van der Waals surface area contributed by atoms with E-state index in [9.17, 15) is 4.39 Å². The van der Waals surface area contributed by atoms with Crippen LogP contribution in [0.2, 0.25) is 5.02 Å². The van der Waals surface area contributed by atoms with Crippen LogP contribution >= 0.6 is 11.6 Å². The molecule has 6 heteroatoms. The van der Waals surface area contributed by atoms with Crippen LogP contribution in [0, 0.1) is 5.82 Å². The van der Waals surface area contributed by atoms with Gasteiger partial charge in [-0.2, -0.15) is 0 Å². The Kier molecular flexibility index (Phi) is 5.79. The van der Waals surface area contributed by atoms with Crippen LogP contribution in [0.25, 0.3) is 16.6 Å². The fourth-order valence-corrected chi connectivity index (χ4v) is 5.04. The monoisotopic (exact) mass is 426 g/mol. The summed E-state index contributed by atoms with van der Waals surface area (Å²) in [4.78, 5) is 5.09. The van der Waals surface area contributed by atoms with Crippen LogP contribution in [-0.2, 0) is 0 Å². The topological polar surface area (TPSA) is 23.4 Å². The fourth-order valence-electron chi connectivity index (χ4n) is 4.86. The van der Waals surface area contributed by atoms with E-state index < -0.39 is 0 Å². The van der Waals surface area contributed by atoms with Gasteiger partial charge in [0.2, 0.25) is 0 Å². The van der Waals surface area contributed by atoms with Crippen LogP contribution in [0.5, 0.6) is 0 Å². The predicted octanol–water partition coefficient (Wildman–Crippen LogP) is 4.47. The van der Waals surface area contributed by atoms with Crippen molar-refractivity contribution in [2.75, 3.05) is 45.9 Å². The lowest BCUT2D eigenvalue weighted by Gasteiger charge is -2.32. The van der Waals surface area contributed by atoms with Crippen molar-refractivity contribution in [3.8, 4) is 5.69 Å². The number of halogens is 2. The summed E-state index contributed by atoms with van der Waals surface area (Å²) in [5.74, 6) is 0.313. The number of rotatable bonds is 5. The number of benzene rings is 2. The smallest absolute Gasteiger partial charge is 0.123 e. The van der Waals surface area contributed by atoms with Crippen LogP contribution in [0.15, 0.2) is 48.7 Å². The molecule has 4 nitrogen and oxygen atoms in total. The quantitative estimate of drug-likeness (QED) is 0.651. The zero-order chi connectivity index (χ0) is 20.5. The third-order valence-corrected chi connectivity index (χ3v) is 6.84. The minimum atomic E-state index is -0.212. The van der Waals surface area contributed by atoms with Gasteiger partial charge in [-0.3, -0.25) is 4.90 Å². The van der Waals surface area contributed by atoms with Gasteiger partial charge in [0, 0.05) is 55.1 Å². The molecule has 2 aliphatic rings. The summed E-state index contributed by atoms with van der Waals surface area (Å²) >= 11 is 6.36. The molecule has 0 unspecified atom stereocenters. The molecule has 3 aromatic rings. The molecule has 5 rings (SSSR count). The third-order valence-electron chi connectivity index (χ3n) is 6.60. The highest BCUT2D eigenvalue weighted by molar-refractivity contribution is 6.31. The second-order valence-corrected chi connectivity index (χ2v) is 8.92. The highest BCUT2D eigenvalue weighted by Crippen LogP contribution is 2.36. The van der Waals surface area contributed by atoms with Gasteiger partial charge in [0.15, 0.2) is 0 Å². The molecule has 0 amide bonds. The van der Waals surface area contributed by atoms with Gasteiger partial charge in [0.1, 0.15) is 5.82 Å². The van der Waals surface area contributed by atoms with Crippen molar-refractivity contribution in [1.29, 1.82) is 0 Å². The maximum absolute atomic E-state index is 13.4. The summed E-state index contributed by atoms with van der Waals surface area (Å²) in [6.07, 6.45) is 4.56. The van der Waals surface area contributed by atoms with E-state index in [4.69, 9.17) is 11.6 Å². The van der Waals surface area contributed by atoms with Gasteiger partial charge in [-0.25, -0.2) is 4.39 Å². The van der Waals surface area contributed by atoms with Gasteiger partial charge in [0.25, 0.3) is 0 Å². The van der Waals surface area contributed by atoms with Gasteiger partial charge < -0.3 is 14.8 Å². The van der Waals surface area contributed by atoms with Crippen molar-refractivity contribution in [2.45, 2.75) is 18.8 Å². The Bertz CT molecular complexity index is 1000. The molecule has 1 N–H and O–H groups in total. The molecule has 2 fully saturated rings. The molecular formula is C24H28ClFN4. The van der Waals surface area contributed by atoms with Crippen LogP contribution in [0.1, 0.15) is 24.3 Å². The summed E-state index contributed by atoms with van der Waals surface area (Å²) in [7, 11) is 0. The van der Waals surface area contributed by atoms with E-state index in [-0.39, 0.29) is 5.82 Å². The van der Waals surface area contributed by atoms with Crippen LogP contribution in [0.3, 0.4) is 0 Å². The van der Waals surface area contributed by atoms with Gasteiger partial charge in [0.05, 0.1) is 5.52 Å². The standard InChI is InChI=1S/C24H28ClFN4/c25-19-1-6-24-22(15-19)23(16-30(24)21-4-2-20(26)3-5-21)18-7-10-28(11-8-18)13-14-29-12-9-27-17-29/h1-6,15-16,18,27H,7-14,17H2. The molecule has 0 spiro atoms. The lowest BCUT2D eigenvalue weighted by Crippen LogP contribution is -2.39. The van der Waals surface area contributed by atoms with Gasteiger partial charge in [-0.05, 0) is 79.9 Å². The van der Waals surface area contributed by atoms with E-state index in [1.807, 2.05) is 18.2 Å². The number of fused-ring (bicyclic) bond motifs is 1. The average molecular weight is 427 g/mol. The Labute approximate surface area is 182 Å². The van der Waals surface area contributed by atoms with Gasteiger partial charge in [-0.15, -0.1) is 0 Å². The normalized spacial score (nSPS) is 19.1. The first-order chi connectivity index (χ1) is 14.7. The summed E-state index contributed by atoms with van der Waals surface area (Å²) in [5.41, 5.74) is 3.47.